The molecule has 2 heterocycles. The standard InChI is InChI=1S/C15H14FN5O/c16-12-3-1-4-13(11-12)21-9-5-14(19-21)15(22)17-7-10-20-8-2-6-18-20/h1-6,8-9,11H,7,10H2,(H,17,22). The van der Waals surface area contributed by atoms with E-state index in [0.29, 0.717) is 18.8 Å². The minimum absolute atomic E-state index is 0.276. The van der Waals surface area contributed by atoms with E-state index in [1.807, 2.05) is 12.3 Å². The van der Waals surface area contributed by atoms with Crippen LogP contribution in [0.5, 0.6) is 0 Å². The number of nitrogens with one attached hydrogen (secondary N) is 1. The predicted octanol–water partition coefficient (Wildman–Crippen LogP) is 1.64. The molecule has 0 aliphatic rings. The fourth-order valence-electron chi connectivity index (χ4n) is 2.01. The van der Waals surface area contributed by atoms with Crippen molar-refractivity contribution in [3.63, 3.8) is 0 Å². The molecule has 22 heavy (non-hydrogen) atoms. The van der Waals surface area contributed by atoms with Gasteiger partial charge in [-0.15, -0.1) is 0 Å². The van der Waals surface area contributed by atoms with Gasteiger partial charge in [-0.1, -0.05) is 6.07 Å². The van der Waals surface area contributed by atoms with Crippen LogP contribution in [0.15, 0.2) is 55.0 Å². The summed E-state index contributed by atoms with van der Waals surface area (Å²) in [6, 6.07) is 9.44. The average molecular weight is 299 g/mol. The number of nitrogens with zero attached hydrogens (tertiary/aromatic N) is 4. The summed E-state index contributed by atoms with van der Waals surface area (Å²) >= 11 is 0. The van der Waals surface area contributed by atoms with Crippen molar-refractivity contribution in [1.82, 2.24) is 24.9 Å². The molecule has 0 saturated carbocycles. The predicted molar refractivity (Wildman–Crippen MR) is 78.1 cm³/mol. The van der Waals surface area contributed by atoms with Gasteiger partial charge in [0.2, 0.25) is 0 Å². The largest absolute Gasteiger partial charge is 0.349 e. The van der Waals surface area contributed by atoms with Gasteiger partial charge in [0, 0.05) is 25.1 Å². The number of hydrogen-bond donors (Lipinski definition) is 1. The molecular weight excluding hydrogens is 285 g/mol. The number of aromatic nitrogens is 4. The van der Waals surface area contributed by atoms with Crippen molar-refractivity contribution in [1.29, 1.82) is 0 Å². The number of rotatable bonds is 5. The van der Waals surface area contributed by atoms with Crippen molar-refractivity contribution in [3.05, 3.63) is 66.5 Å². The number of benzene rings is 1. The van der Waals surface area contributed by atoms with Crippen LogP contribution in [0, 0.1) is 5.82 Å². The van der Waals surface area contributed by atoms with Gasteiger partial charge in [-0.3, -0.25) is 9.48 Å². The Morgan fingerprint density at radius 2 is 2.14 bits per heavy atom. The Labute approximate surface area is 126 Å². The van der Waals surface area contributed by atoms with E-state index in [4.69, 9.17) is 0 Å². The summed E-state index contributed by atoms with van der Waals surface area (Å²) < 4.78 is 16.4. The van der Waals surface area contributed by atoms with E-state index in [1.54, 1.807) is 35.3 Å². The topological polar surface area (TPSA) is 64.7 Å². The summed E-state index contributed by atoms with van der Waals surface area (Å²) in [7, 11) is 0. The first-order valence-corrected chi connectivity index (χ1v) is 6.79. The second-order valence-corrected chi connectivity index (χ2v) is 4.65. The van der Waals surface area contributed by atoms with Gasteiger partial charge in [-0.2, -0.15) is 10.2 Å². The minimum atomic E-state index is -0.349. The Kier molecular flexibility index (Phi) is 3.95. The molecule has 0 saturated heterocycles. The van der Waals surface area contributed by atoms with Crippen LogP contribution in [0.2, 0.25) is 0 Å². The van der Waals surface area contributed by atoms with Crippen molar-refractivity contribution in [2.75, 3.05) is 6.54 Å². The molecule has 0 aliphatic carbocycles. The van der Waals surface area contributed by atoms with Crippen molar-refractivity contribution in [3.8, 4) is 5.69 Å². The Morgan fingerprint density at radius 3 is 2.91 bits per heavy atom. The highest BCUT2D eigenvalue weighted by molar-refractivity contribution is 5.92. The van der Waals surface area contributed by atoms with E-state index in [2.05, 4.69) is 15.5 Å². The highest BCUT2D eigenvalue weighted by atomic mass is 19.1. The van der Waals surface area contributed by atoms with Crippen LogP contribution in [-0.2, 0) is 6.54 Å². The Morgan fingerprint density at radius 1 is 1.23 bits per heavy atom. The van der Waals surface area contributed by atoms with E-state index < -0.39 is 0 Å². The normalized spacial score (nSPS) is 10.6. The molecule has 7 heteroatoms. The fourth-order valence-corrected chi connectivity index (χ4v) is 2.01. The maximum atomic E-state index is 13.2. The highest BCUT2D eigenvalue weighted by Crippen LogP contribution is 2.09. The molecular formula is C15H14FN5O. The lowest BCUT2D eigenvalue weighted by Crippen LogP contribution is -2.27. The third-order valence-electron chi connectivity index (χ3n) is 3.08. The maximum absolute atomic E-state index is 13.2. The Hall–Kier alpha value is -2.96. The maximum Gasteiger partial charge on any atom is 0.271 e. The Bertz CT molecular complexity index is 766. The van der Waals surface area contributed by atoms with Crippen molar-refractivity contribution in [2.45, 2.75) is 6.54 Å². The van der Waals surface area contributed by atoms with Gasteiger partial charge in [0.1, 0.15) is 5.82 Å². The lowest BCUT2D eigenvalue weighted by Gasteiger charge is -2.04. The monoisotopic (exact) mass is 299 g/mol. The number of amides is 1. The second kappa shape index (κ2) is 6.21. The van der Waals surface area contributed by atoms with E-state index >= 15 is 0 Å². The molecule has 0 unspecified atom stereocenters. The SMILES string of the molecule is O=C(NCCn1cccn1)c1ccn(-c2cccc(F)c2)n1. The third-order valence-corrected chi connectivity index (χ3v) is 3.08. The van der Waals surface area contributed by atoms with Crippen LogP contribution in [-0.4, -0.2) is 32.0 Å². The molecule has 112 valence electrons. The molecule has 6 nitrogen and oxygen atoms in total. The van der Waals surface area contributed by atoms with Gasteiger partial charge < -0.3 is 5.32 Å². The molecule has 0 bridgehead atoms. The third kappa shape index (κ3) is 3.20. The summed E-state index contributed by atoms with van der Waals surface area (Å²) in [4.78, 5) is 12.0. The summed E-state index contributed by atoms with van der Waals surface area (Å²) in [5.74, 6) is -0.625. The number of hydrogen-bond acceptors (Lipinski definition) is 3. The van der Waals surface area contributed by atoms with Gasteiger partial charge in [0.25, 0.3) is 5.91 Å². The molecule has 2 aromatic heterocycles. The highest BCUT2D eigenvalue weighted by Gasteiger charge is 2.10. The number of halogens is 1. The van der Waals surface area contributed by atoms with Gasteiger partial charge in [-0.25, -0.2) is 9.07 Å². The van der Waals surface area contributed by atoms with Crippen molar-refractivity contribution >= 4 is 5.91 Å². The van der Waals surface area contributed by atoms with E-state index in [-0.39, 0.29) is 17.4 Å². The summed E-state index contributed by atoms with van der Waals surface area (Å²) in [6.45, 7) is 1.04. The zero-order chi connectivity index (χ0) is 15.4. The first kappa shape index (κ1) is 14.0. The first-order valence-electron chi connectivity index (χ1n) is 6.79. The molecule has 0 atom stereocenters. The summed E-state index contributed by atoms with van der Waals surface area (Å²) in [6.07, 6.45) is 5.13. The zero-order valence-corrected chi connectivity index (χ0v) is 11.7. The van der Waals surface area contributed by atoms with Crippen molar-refractivity contribution in [2.24, 2.45) is 0 Å². The Balaban J connectivity index is 1.62. The molecule has 0 spiro atoms. The number of carbonyl (C=O) groups is 1. The molecule has 3 rings (SSSR count). The van der Waals surface area contributed by atoms with Crippen LogP contribution < -0.4 is 5.32 Å². The fraction of sp³-hybridized carbons (Fsp3) is 0.133. The summed E-state index contributed by atoms with van der Waals surface area (Å²) in [5, 5.41) is 11.0. The van der Waals surface area contributed by atoms with Crippen LogP contribution in [0.25, 0.3) is 5.69 Å². The molecule has 1 amide bonds. The van der Waals surface area contributed by atoms with Gasteiger partial charge in [0.15, 0.2) is 5.69 Å². The number of carbonyl (C=O) groups excluding carboxylic acids is 1. The second-order valence-electron chi connectivity index (χ2n) is 4.65. The molecule has 0 radical (unpaired) electrons. The molecule has 0 aliphatic heterocycles. The lowest BCUT2D eigenvalue weighted by molar-refractivity contribution is 0.0946. The first-order chi connectivity index (χ1) is 10.7. The molecule has 0 fully saturated rings. The average Bonchev–Trinajstić information content (AvgIpc) is 3.19. The molecule has 1 N–H and O–H groups in total. The molecule has 1 aromatic carbocycles. The van der Waals surface area contributed by atoms with Crippen LogP contribution in [0.3, 0.4) is 0 Å². The van der Waals surface area contributed by atoms with Crippen LogP contribution >= 0.6 is 0 Å². The van der Waals surface area contributed by atoms with E-state index in [0.717, 1.165) is 0 Å². The summed E-state index contributed by atoms with van der Waals surface area (Å²) in [5.41, 5.74) is 0.848. The van der Waals surface area contributed by atoms with Crippen LogP contribution in [0.4, 0.5) is 4.39 Å². The molecule has 3 aromatic rings. The zero-order valence-electron chi connectivity index (χ0n) is 11.7. The minimum Gasteiger partial charge on any atom is -0.349 e. The van der Waals surface area contributed by atoms with Gasteiger partial charge >= 0.3 is 0 Å². The van der Waals surface area contributed by atoms with Gasteiger partial charge in [-0.05, 0) is 30.3 Å². The smallest absolute Gasteiger partial charge is 0.271 e. The quantitative estimate of drug-likeness (QED) is 0.779. The van der Waals surface area contributed by atoms with E-state index in [1.165, 1.54) is 16.8 Å². The van der Waals surface area contributed by atoms with Crippen molar-refractivity contribution < 1.29 is 9.18 Å². The van der Waals surface area contributed by atoms with Crippen LogP contribution in [0.1, 0.15) is 10.5 Å². The lowest BCUT2D eigenvalue weighted by atomic mass is 10.3. The van der Waals surface area contributed by atoms with Gasteiger partial charge in [0.05, 0.1) is 12.2 Å². The van der Waals surface area contributed by atoms with E-state index in [9.17, 15) is 9.18 Å².